The van der Waals surface area contributed by atoms with Gasteiger partial charge in [-0.15, -0.1) is 0 Å². The number of rotatable bonds is 3. The summed E-state index contributed by atoms with van der Waals surface area (Å²) in [6.45, 7) is 0.914. The Kier molecular flexibility index (Phi) is 15.2. The number of hydrogen-bond donors (Lipinski definition) is 1. The average molecular weight is 151 g/mol. The van der Waals surface area contributed by atoms with Crippen LogP contribution in [0.4, 0.5) is 0 Å². The van der Waals surface area contributed by atoms with Crippen LogP contribution < -0.4 is 0 Å². The molecule has 0 radical (unpaired) electrons. The molecule has 1 N–H and O–H groups in total. The summed E-state index contributed by atoms with van der Waals surface area (Å²) in [6.07, 6.45) is 0. The molecular formula is C2H4AlO3Ti-. The van der Waals surface area contributed by atoms with Gasteiger partial charge in [0.2, 0.25) is 0 Å². The van der Waals surface area contributed by atoms with Gasteiger partial charge in [-0.2, -0.15) is 0 Å². The van der Waals surface area contributed by atoms with Gasteiger partial charge in [-0.25, -0.2) is 0 Å². The van der Waals surface area contributed by atoms with Crippen molar-refractivity contribution in [1.82, 2.24) is 0 Å². The summed E-state index contributed by atoms with van der Waals surface area (Å²) >= 11 is -1.18. The van der Waals surface area contributed by atoms with Crippen LogP contribution in [-0.2, 0) is 29.3 Å². The number of hydrogen-bond acceptors (Lipinski definition) is 3. The Morgan fingerprint density at radius 3 is 2.57 bits per heavy atom. The van der Waals surface area contributed by atoms with Crippen molar-refractivity contribution in [2.24, 2.45) is 0 Å². The van der Waals surface area contributed by atoms with E-state index in [1.165, 1.54) is 0 Å². The number of aliphatic hydroxyl groups excluding tert-OH is 1. The summed E-state index contributed by atoms with van der Waals surface area (Å²) in [6, 6.07) is 0. The molecule has 0 aromatic carbocycles. The zero-order valence-corrected chi connectivity index (χ0v) is 6.34. The van der Waals surface area contributed by atoms with E-state index in [1.54, 1.807) is 0 Å². The molecule has 0 aromatic rings. The molecule has 0 spiro atoms. The zero-order valence-electron chi connectivity index (χ0n) is 3.63. The topological polar surface area (TPSA) is 46.5 Å². The molecule has 0 heterocycles. The van der Waals surface area contributed by atoms with Crippen molar-refractivity contribution >= 4 is 15.5 Å². The molecule has 0 aromatic heterocycles. The quantitative estimate of drug-likeness (QED) is 0.323. The Morgan fingerprint density at radius 1 is 1.86 bits per heavy atom. The van der Waals surface area contributed by atoms with Crippen LogP contribution in [0.15, 0.2) is 0 Å². The van der Waals surface area contributed by atoms with Crippen molar-refractivity contribution in [3.63, 3.8) is 0 Å². The Bertz CT molecular complexity index is 41.9. The Hall–Kier alpha value is 0.807. The third kappa shape index (κ3) is 10.9. The summed E-state index contributed by atoms with van der Waals surface area (Å²) < 4.78 is 13.5. The van der Waals surface area contributed by atoms with E-state index in [-0.39, 0.29) is 28.3 Å². The molecule has 0 saturated carbocycles. The van der Waals surface area contributed by atoms with Crippen LogP contribution in [0.1, 0.15) is 0 Å². The third-order valence-corrected chi connectivity index (χ3v) is 0.530. The minimum Gasteiger partial charge on any atom is 0 e. The van der Waals surface area contributed by atoms with Crippen molar-refractivity contribution < 1.29 is 34.4 Å². The van der Waals surface area contributed by atoms with Gasteiger partial charge in [0.15, 0.2) is 0 Å². The molecule has 0 aliphatic rings. The Balaban J connectivity index is 0. The molecule has 0 rings (SSSR count). The molecule has 0 aliphatic heterocycles. The second-order valence-corrected chi connectivity index (χ2v) is 1.05. The van der Waals surface area contributed by atoms with Crippen LogP contribution in [0.3, 0.4) is 0 Å². The van der Waals surface area contributed by atoms with Crippen molar-refractivity contribution in [2.75, 3.05) is 6.61 Å². The maximum Gasteiger partial charge on any atom is 0 e. The van der Waals surface area contributed by atoms with Crippen molar-refractivity contribution in [3.05, 3.63) is 6.61 Å². The van der Waals surface area contributed by atoms with E-state index >= 15 is 0 Å². The van der Waals surface area contributed by atoms with Gasteiger partial charge < -0.3 is 0 Å². The van der Waals surface area contributed by atoms with Gasteiger partial charge in [-0.1, -0.05) is 0 Å². The van der Waals surface area contributed by atoms with E-state index in [0.717, 1.165) is 6.61 Å². The van der Waals surface area contributed by atoms with Crippen molar-refractivity contribution in [1.29, 1.82) is 0 Å². The van der Waals surface area contributed by atoms with Gasteiger partial charge in [0, 0.05) is 21.7 Å². The Labute approximate surface area is 63.2 Å². The van der Waals surface area contributed by atoms with Gasteiger partial charge in [0.1, 0.15) is 0 Å². The van der Waals surface area contributed by atoms with Crippen molar-refractivity contribution in [3.8, 4) is 0 Å². The summed E-state index contributed by atoms with van der Waals surface area (Å²) in [7, 11) is 0. The van der Waals surface area contributed by atoms with Crippen molar-refractivity contribution in [2.45, 2.75) is 0 Å². The molecule has 0 amide bonds. The fourth-order valence-electron chi connectivity index (χ4n) is 0.0823. The second-order valence-electron chi connectivity index (χ2n) is 0.582. The number of aliphatic hydroxyl groups is 1. The molecule has 0 atom stereocenters. The fourth-order valence-corrected chi connectivity index (χ4v) is 0.247. The average Bonchev–Trinajstić information content (AvgIpc) is 1.61. The van der Waals surface area contributed by atoms with Gasteiger partial charge >= 0.3 is 41.4 Å². The molecular weight excluding hydrogens is 147 g/mol. The second kappa shape index (κ2) is 9.93. The molecule has 0 aliphatic carbocycles. The minimum atomic E-state index is -1.18. The van der Waals surface area contributed by atoms with Crippen LogP contribution in [0.2, 0.25) is 0 Å². The van der Waals surface area contributed by atoms with E-state index in [0.29, 0.717) is 0 Å². The summed E-state index contributed by atoms with van der Waals surface area (Å²) in [5, 5.41) is 7.89. The SMILES string of the molecule is [O]=[Al][O][CH-]CO.[Ti]. The van der Waals surface area contributed by atoms with Gasteiger partial charge in [0.25, 0.3) is 0 Å². The van der Waals surface area contributed by atoms with Gasteiger partial charge in [0.05, 0.1) is 0 Å². The third-order valence-electron chi connectivity index (χ3n) is 0.226. The first-order valence-corrected chi connectivity index (χ1v) is 2.37. The molecule has 0 bridgehead atoms. The normalized spacial score (nSPS) is 5.86. The Morgan fingerprint density at radius 2 is 2.43 bits per heavy atom. The molecule has 0 unspecified atom stereocenters. The van der Waals surface area contributed by atoms with E-state index < -0.39 is 15.5 Å². The maximum absolute atomic E-state index is 9.41. The van der Waals surface area contributed by atoms with Crippen LogP contribution in [-0.4, -0.2) is 27.2 Å². The molecule has 7 heavy (non-hydrogen) atoms. The first-order chi connectivity index (χ1) is 2.91. The van der Waals surface area contributed by atoms with E-state index in [2.05, 4.69) is 3.79 Å². The minimum absolute atomic E-state index is 0. The van der Waals surface area contributed by atoms with Gasteiger partial charge in [-0.05, 0) is 0 Å². The standard InChI is InChI=1S/C2H4O2.Al.O.Ti/c3-1-2-4;;;/h1,4H,2H2;;;/q-2;+1;;. The maximum atomic E-state index is 9.41. The summed E-state index contributed by atoms with van der Waals surface area (Å²) in [4.78, 5) is 0. The molecule has 38 valence electrons. The van der Waals surface area contributed by atoms with Crippen LogP contribution >= 0.6 is 0 Å². The molecule has 3 nitrogen and oxygen atoms in total. The summed E-state index contributed by atoms with van der Waals surface area (Å²) in [5.74, 6) is 0. The van der Waals surface area contributed by atoms with Crippen LogP contribution in [0, 0.1) is 6.61 Å². The first-order valence-electron chi connectivity index (χ1n) is 1.43. The van der Waals surface area contributed by atoms with Crippen LogP contribution in [0.5, 0.6) is 0 Å². The molecule has 0 saturated heterocycles. The zero-order chi connectivity index (χ0) is 4.83. The van der Waals surface area contributed by atoms with E-state index in [1.807, 2.05) is 0 Å². The van der Waals surface area contributed by atoms with Gasteiger partial charge in [-0.3, -0.25) is 0 Å². The van der Waals surface area contributed by atoms with Crippen LogP contribution in [0.25, 0.3) is 0 Å². The van der Waals surface area contributed by atoms with E-state index in [9.17, 15) is 3.80 Å². The fraction of sp³-hybridized carbons (Fsp3) is 0.500. The summed E-state index contributed by atoms with van der Waals surface area (Å²) in [5.41, 5.74) is 0. The predicted molar refractivity (Wildman–Crippen MR) is 18.9 cm³/mol. The monoisotopic (exact) mass is 151 g/mol. The smallest absolute Gasteiger partial charge is 0 e. The van der Waals surface area contributed by atoms with E-state index in [4.69, 9.17) is 5.11 Å². The first kappa shape index (κ1) is 10.7. The molecule has 5 heteroatoms. The predicted octanol–water partition coefficient (Wildman–Crippen LogP) is -0.881. The molecule has 0 fully saturated rings. The largest absolute Gasteiger partial charge is 0 e.